The highest BCUT2D eigenvalue weighted by molar-refractivity contribution is 5.89. The quantitative estimate of drug-likeness (QED) is 0.105. The molecule has 77 heavy (non-hydrogen) atoms. The summed E-state index contributed by atoms with van der Waals surface area (Å²) < 4.78 is 15.4. The van der Waals surface area contributed by atoms with Gasteiger partial charge in [0.15, 0.2) is 13.5 Å². The Morgan fingerprint density at radius 1 is 0.662 bits per heavy atom. The summed E-state index contributed by atoms with van der Waals surface area (Å²) in [6, 6.07) is 32.9. The second kappa shape index (κ2) is 22.6. The summed E-state index contributed by atoms with van der Waals surface area (Å²) >= 11 is 0. The van der Waals surface area contributed by atoms with Crippen LogP contribution in [0.4, 0.5) is 4.79 Å². The van der Waals surface area contributed by atoms with Gasteiger partial charge in [0.1, 0.15) is 6.04 Å². The Morgan fingerprint density at radius 3 is 1.87 bits per heavy atom. The van der Waals surface area contributed by atoms with E-state index in [9.17, 15) is 24.0 Å². The number of carbonyl (C=O) groups is 4. The van der Waals surface area contributed by atoms with E-state index in [2.05, 4.69) is 22.2 Å². The summed E-state index contributed by atoms with van der Waals surface area (Å²) in [6.45, 7) is 7.50. The molecule has 0 spiro atoms. The van der Waals surface area contributed by atoms with Crippen LogP contribution in [0.3, 0.4) is 0 Å². The summed E-state index contributed by atoms with van der Waals surface area (Å²) in [4.78, 5) is 80.2. The largest absolute Gasteiger partial charge is 0.443 e. The van der Waals surface area contributed by atoms with E-state index in [1.807, 2.05) is 121 Å². The van der Waals surface area contributed by atoms with E-state index >= 15 is 0 Å². The molecule has 0 radical (unpaired) electrons. The molecule has 5 aliphatic rings. The summed E-state index contributed by atoms with van der Waals surface area (Å²) in [5, 5.41) is 9.78. The molecular weight excluding hydrogens is 969 g/mol. The highest BCUT2D eigenvalue weighted by Crippen LogP contribution is 2.43. The number of benzene rings is 4. The van der Waals surface area contributed by atoms with Crippen molar-refractivity contribution in [3.8, 4) is 0 Å². The van der Waals surface area contributed by atoms with E-state index in [0.717, 1.165) is 116 Å². The van der Waals surface area contributed by atoms with Crippen molar-refractivity contribution in [2.24, 2.45) is 0 Å². The number of para-hydroxylation sites is 1. The number of nitrogens with one attached hydrogen (secondary N) is 1. The smallest absolute Gasteiger partial charge is 0.318 e. The number of nitrogens with zero attached hydrogens (tertiary/aromatic N) is 7. The predicted molar refractivity (Wildman–Crippen MR) is 296 cm³/mol. The lowest BCUT2D eigenvalue weighted by molar-refractivity contribution is -0.155. The summed E-state index contributed by atoms with van der Waals surface area (Å²) in [6.07, 6.45) is 12.3. The van der Waals surface area contributed by atoms with Crippen molar-refractivity contribution in [2.45, 2.75) is 133 Å². The van der Waals surface area contributed by atoms with Crippen molar-refractivity contribution >= 4 is 45.7 Å². The minimum Gasteiger partial charge on any atom is -0.443 e. The van der Waals surface area contributed by atoms with Crippen LogP contribution in [0.2, 0.25) is 0 Å². The lowest BCUT2D eigenvalue weighted by Gasteiger charge is -2.43. The highest BCUT2D eigenvalue weighted by Gasteiger charge is 2.45. The third-order valence-corrected chi connectivity index (χ3v) is 18.0. The first kappa shape index (κ1) is 52.2. The van der Waals surface area contributed by atoms with Crippen LogP contribution in [0.1, 0.15) is 111 Å². The molecule has 5 fully saturated rings. The molecule has 11 rings (SSSR count). The number of hydrogen-bond acceptors (Lipinski definition) is 10. The normalized spacial score (nSPS) is 19.9. The number of rotatable bonds is 14. The van der Waals surface area contributed by atoms with Crippen molar-refractivity contribution in [3.05, 3.63) is 147 Å². The molecule has 15 heteroatoms. The molecule has 3 saturated heterocycles. The number of urea groups is 1. The van der Waals surface area contributed by atoms with Crippen LogP contribution in [-0.4, -0.2) is 129 Å². The second-order valence-corrected chi connectivity index (χ2v) is 22.7. The molecule has 404 valence electrons. The van der Waals surface area contributed by atoms with Gasteiger partial charge < -0.3 is 29.5 Å². The average molecular weight is 1040 g/mol. The molecular formula is C62H74N8O7. The fourth-order valence-corrected chi connectivity index (χ4v) is 13.6. The van der Waals surface area contributed by atoms with Crippen LogP contribution in [0.15, 0.2) is 114 Å². The van der Waals surface area contributed by atoms with Crippen LogP contribution >= 0.6 is 0 Å². The summed E-state index contributed by atoms with van der Waals surface area (Å²) in [5.41, 5.74) is 4.30. The highest BCUT2D eigenvalue weighted by atomic mass is 16.5. The van der Waals surface area contributed by atoms with Crippen LogP contribution in [0, 0.1) is 6.92 Å². The molecule has 4 aromatic carbocycles. The van der Waals surface area contributed by atoms with E-state index in [-0.39, 0.29) is 55.2 Å². The first-order chi connectivity index (χ1) is 37.5. The lowest BCUT2D eigenvalue weighted by Crippen LogP contribution is -2.59. The fraction of sp³-hybridized carbons (Fsp3) is 0.484. The summed E-state index contributed by atoms with van der Waals surface area (Å²) in [5.74, 6) is -0.758. The van der Waals surface area contributed by atoms with E-state index < -0.39 is 16.9 Å². The molecule has 5 heterocycles. The van der Waals surface area contributed by atoms with Crippen LogP contribution in [0.5, 0.6) is 0 Å². The zero-order chi connectivity index (χ0) is 53.1. The Balaban J connectivity index is 0.782. The fourth-order valence-electron chi connectivity index (χ4n) is 13.6. The number of piperazine rings is 1. The van der Waals surface area contributed by atoms with Gasteiger partial charge in [-0.15, -0.1) is 0 Å². The van der Waals surface area contributed by atoms with Crippen LogP contribution in [0.25, 0.3) is 21.8 Å². The zero-order valence-electron chi connectivity index (χ0n) is 44.9. The number of carbonyl (C=O) groups excluding carboxylic acids is 4. The van der Waals surface area contributed by atoms with Gasteiger partial charge in [-0.25, -0.2) is 9.48 Å². The number of pyridine rings is 1. The first-order valence-corrected chi connectivity index (χ1v) is 28.3. The van der Waals surface area contributed by atoms with Crippen LogP contribution < -0.4 is 10.9 Å². The molecule has 1 atom stereocenters. The topological polar surface area (TPSA) is 152 Å². The molecule has 0 unspecified atom stereocenters. The standard InChI is InChI=1S/C62H74N8O7/c1-44-37-45(38-48-41-69(64-55(44)48)42-76-58(73)61(25-11-12-26-61)49-16-5-3-6-17-49)39-53(57(72)67-35-33-66(34-36-67)51-23-29-65(2)30-24-51)63-60(75)68-31-21-46(22-32-68)52-40-47-15-9-10-20-54(47)70(56(52)71)43-77-59(74)62(27-13-14-28-62)50-18-7-4-8-19-50/h3-10,15-20,37-38,40-41,46,51,53H,11-14,21-36,39,42-43H2,1-2H3,(H,63,75)/t53-/m1/s1. The molecule has 3 aliphatic heterocycles. The van der Waals surface area contributed by atoms with Crippen molar-refractivity contribution in [2.75, 3.05) is 59.4 Å². The third-order valence-electron chi connectivity index (χ3n) is 18.0. The Hall–Kier alpha value is -6.84. The van der Waals surface area contributed by atoms with Gasteiger partial charge in [0.2, 0.25) is 5.91 Å². The van der Waals surface area contributed by atoms with Gasteiger partial charge in [-0.1, -0.05) is 111 Å². The Morgan fingerprint density at radius 2 is 1.25 bits per heavy atom. The van der Waals surface area contributed by atoms with Crippen molar-refractivity contribution in [1.82, 2.24) is 39.3 Å². The maximum atomic E-state index is 14.8. The monoisotopic (exact) mass is 1040 g/mol. The Bertz CT molecular complexity index is 3140. The van der Waals surface area contributed by atoms with Gasteiger partial charge >= 0.3 is 18.0 Å². The van der Waals surface area contributed by atoms with Crippen molar-refractivity contribution in [1.29, 1.82) is 0 Å². The van der Waals surface area contributed by atoms with Crippen LogP contribution in [-0.2, 0) is 54.6 Å². The maximum Gasteiger partial charge on any atom is 0.318 e. The molecule has 0 bridgehead atoms. The minimum absolute atomic E-state index is 0.0174. The molecule has 15 nitrogen and oxygen atoms in total. The predicted octanol–water partition coefficient (Wildman–Crippen LogP) is 8.42. The van der Waals surface area contributed by atoms with Gasteiger partial charge in [-0.05, 0) is 130 Å². The number of ether oxygens (including phenoxy) is 2. The summed E-state index contributed by atoms with van der Waals surface area (Å²) in [7, 11) is 2.17. The Kier molecular flexibility index (Phi) is 15.3. The van der Waals surface area contributed by atoms with E-state index in [0.29, 0.717) is 69.0 Å². The molecule has 2 saturated carbocycles. The second-order valence-electron chi connectivity index (χ2n) is 22.7. The number of hydrogen-bond donors (Lipinski definition) is 1. The van der Waals surface area contributed by atoms with Gasteiger partial charge in [-0.2, -0.15) is 5.10 Å². The molecule has 3 amide bonds. The lowest BCUT2D eigenvalue weighted by atomic mass is 9.79. The van der Waals surface area contributed by atoms with E-state index in [4.69, 9.17) is 14.6 Å². The number of likely N-dealkylation sites (tertiary alicyclic amines) is 2. The van der Waals surface area contributed by atoms with E-state index in [1.165, 1.54) is 0 Å². The maximum absolute atomic E-state index is 14.8. The van der Waals surface area contributed by atoms with E-state index in [1.54, 1.807) is 14.1 Å². The minimum atomic E-state index is -0.829. The van der Waals surface area contributed by atoms with Gasteiger partial charge in [0, 0.05) is 68.9 Å². The third kappa shape index (κ3) is 10.8. The number of piperidine rings is 2. The number of aryl methyl sites for hydroxylation is 1. The first-order valence-electron chi connectivity index (χ1n) is 28.3. The molecule has 6 aromatic rings. The average Bonchev–Trinajstić information content (AvgIpc) is 4.31. The zero-order valence-corrected chi connectivity index (χ0v) is 44.9. The molecule has 1 N–H and O–H groups in total. The molecule has 2 aliphatic carbocycles. The van der Waals surface area contributed by atoms with Crippen molar-refractivity contribution < 1.29 is 28.7 Å². The number of esters is 2. The molecule has 2 aromatic heterocycles. The van der Waals surface area contributed by atoms with Gasteiger partial charge in [0.05, 0.1) is 21.9 Å². The Labute approximate surface area is 451 Å². The van der Waals surface area contributed by atoms with Gasteiger partial charge in [0.25, 0.3) is 5.56 Å². The SMILES string of the molecule is Cc1cc(C[C@@H](NC(=O)N2CCC(c3cc4ccccc4n(COC(=O)C4(c5ccccc5)CCCC4)c3=O)CC2)C(=O)N2CCN(C3CCN(C)CC3)CC2)cc2cn(COC(=O)C3(c4ccccc4)CCCC3)nc12. The van der Waals surface area contributed by atoms with Crippen molar-refractivity contribution in [3.63, 3.8) is 0 Å². The van der Waals surface area contributed by atoms with Gasteiger partial charge in [-0.3, -0.25) is 28.6 Å². The number of fused-ring (bicyclic) bond motifs is 2. The number of amides is 3. The number of aromatic nitrogens is 3.